The van der Waals surface area contributed by atoms with Crippen LogP contribution in [0.1, 0.15) is 58.1 Å². The van der Waals surface area contributed by atoms with Crippen LogP contribution in [0.2, 0.25) is 5.02 Å². The van der Waals surface area contributed by atoms with Crippen molar-refractivity contribution in [3.05, 3.63) is 34.9 Å². The summed E-state index contributed by atoms with van der Waals surface area (Å²) in [5, 5.41) is 4.69. The molecule has 1 aromatic carbocycles. The van der Waals surface area contributed by atoms with Crippen LogP contribution in [0.25, 0.3) is 0 Å². The summed E-state index contributed by atoms with van der Waals surface area (Å²) in [6.45, 7) is 7.00. The molecule has 1 aliphatic carbocycles. The van der Waals surface area contributed by atoms with E-state index in [1.54, 1.807) is 0 Å². The van der Waals surface area contributed by atoms with Crippen LogP contribution < -0.4 is 5.32 Å². The van der Waals surface area contributed by atoms with Crippen LogP contribution in [0.4, 0.5) is 0 Å². The lowest BCUT2D eigenvalue weighted by Crippen LogP contribution is -2.38. The van der Waals surface area contributed by atoms with Gasteiger partial charge in [-0.25, -0.2) is 0 Å². The fourth-order valence-electron chi connectivity index (χ4n) is 3.54. The lowest BCUT2D eigenvalue weighted by atomic mass is 9.80. The third-order valence-corrected chi connectivity index (χ3v) is 4.51. The van der Waals surface area contributed by atoms with Crippen molar-refractivity contribution in [1.29, 1.82) is 0 Å². The third kappa shape index (κ3) is 4.22. The first-order chi connectivity index (χ1) is 9.08. The molecule has 0 bridgehead atoms. The minimum absolute atomic E-state index is 0.432. The Bertz CT molecular complexity index is 394. The van der Waals surface area contributed by atoms with Gasteiger partial charge in [-0.3, -0.25) is 0 Å². The molecule has 3 atom stereocenters. The Labute approximate surface area is 122 Å². The highest BCUT2D eigenvalue weighted by Crippen LogP contribution is 2.31. The molecule has 19 heavy (non-hydrogen) atoms. The van der Waals surface area contributed by atoms with E-state index in [0.717, 1.165) is 23.3 Å². The Kier molecular flexibility index (Phi) is 5.29. The van der Waals surface area contributed by atoms with E-state index in [2.05, 4.69) is 38.2 Å². The molecule has 1 N–H and O–H groups in total. The van der Waals surface area contributed by atoms with Crippen molar-refractivity contribution >= 4 is 11.6 Å². The molecule has 2 rings (SSSR count). The van der Waals surface area contributed by atoms with Crippen molar-refractivity contribution in [2.75, 3.05) is 0 Å². The molecule has 106 valence electrons. The molecule has 2 heteroatoms. The highest BCUT2D eigenvalue weighted by Gasteiger charge is 2.25. The first-order valence-corrected chi connectivity index (χ1v) is 7.97. The van der Waals surface area contributed by atoms with Gasteiger partial charge in [0.1, 0.15) is 0 Å². The fourth-order valence-corrected chi connectivity index (χ4v) is 3.74. The molecular weight excluding hydrogens is 254 g/mol. The molecule has 3 unspecified atom stereocenters. The van der Waals surface area contributed by atoms with E-state index in [0.29, 0.717) is 12.1 Å². The Balaban J connectivity index is 2.02. The van der Waals surface area contributed by atoms with Gasteiger partial charge in [0.2, 0.25) is 0 Å². The maximum atomic E-state index is 6.11. The zero-order chi connectivity index (χ0) is 13.8. The van der Waals surface area contributed by atoms with E-state index in [1.807, 2.05) is 12.1 Å². The summed E-state index contributed by atoms with van der Waals surface area (Å²) >= 11 is 6.11. The zero-order valence-electron chi connectivity index (χ0n) is 12.3. The summed E-state index contributed by atoms with van der Waals surface area (Å²) in [5.41, 5.74) is 1.32. The Morgan fingerprint density at radius 3 is 2.47 bits per heavy atom. The predicted molar refractivity (Wildman–Crippen MR) is 83.6 cm³/mol. The van der Waals surface area contributed by atoms with Crippen LogP contribution in [0.15, 0.2) is 24.3 Å². The maximum absolute atomic E-state index is 6.11. The number of hydrogen-bond donors (Lipinski definition) is 1. The molecule has 0 spiro atoms. The molecule has 0 radical (unpaired) electrons. The van der Waals surface area contributed by atoms with E-state index in [9.17, 15) is 0 Å². The first kappa shape index (κ1) is 14.9. The average molecular weight is 280 g/mol. The Morgan fingerprint density at radius 2 is 1.89 bits per heavy atom. The monoisotopic (exact) mass is 279 g/mol. The molecule has 0 amide bonds. The number of nitrogens with one attached hydrogen (secondary N) is 1. The van der Waals surface area contributed by atoms with Gasteiger partial charge in [0, 0.05) is 17.1 Å². The molecule has 0 aromatic heterocycles. The van der Waals surface area contributed by atoms with Crippen molar-refractivity contribution in [2.45, 2.75) is 58.5 Å². The van der Waals surface area contributed by atoms with Gasteiger partial charge in [-0.2, -0.15) is 0 Å². The van der Waals surface area contributed by atoms with Gasteiger partial charge in [0.05, 0.1) is 0 Å². The maximum Gasteiger partial charge on any atom is 0.0409 e. The average Bonchev–Trinajstić information content (AvgIpc) is 2.34. The van der Waals surface area contributed by atoms with Crippen LogP contribution in [0, 0.1) is 11.8 Å². The third-order valence-electron chi connectivity index (χ3n) is 4.27. The van der Waals surface area contributed by atoms with Crippen molar-refractivity contribution in [3.8, 4) is 0 Å². The van der Waals surface area contributed by atoms with Crippen molar-refractivity contribution in [2.24, 2.45) is 11.8 Å². The van der Waals surface area contributed by atoms with E-state index in [-0.39, 0.29) is 0 Å². The molecule has 0 saturated heterocycles. The number of rotatable bonds is 4. The smallest absolute Gasteiger partial charge is 0.0409 e. The summed E-state index contributed by atoms with van der Waals surface area (Å²) < 4.78 is 0. The molecule has 0 aliphatic heterocycles. The van der Waals surface area contributed by atoms with Crippen LogP contribution in [0.5, 0.6) is 0 Å². The molecule has 1 nitrogen and oxygen atoms in total. The molecule has 0 heterocycles. The van der Waals surface area contributed by atoms with Crippen molar-refractivity contribution in [3.63, 3.8) is 0 Å². The molecule has 1 fully saturated rings. The standard InChI is InChI=1S/C17H26ClN/c1-4-17(14-6-5-7-15(18)11-14)19-16-9-12(2)8-13(3)10-16/h5-7,11-13,16-17,19H,4,8-10H2,1-3H3. The quantitative estimate of drug-likeness (QED) is 0.798. The summed E-state index contributed by atoms with van der Waals surface area (Å²) in [6, 6.07) is 9.36. The SMILES string of the molecule is CCC(NC1CC(C)CC(C)C1)c1cccc(Cl)c1. The molecule has 1 aromatic rings. The highest BCUT2D eigenvalue weighted by molar-refractivity contribution is 6.30. The predicted octanol–water partition coefficient (Wildman–Crippen LogP) is 5.21. The second-order valence-electron chi connectivity index (χ2n) is 6.30. The van der Waals surface area contributed by atoms with E-state index < -0.39 is 0 Å². The first-order valence-electron chi connectivity index (χ1n) is 7.60. The largest absolute Gasteiger partial charge is 0.307 e. The second-order valence-corrected chi connectivity index (χ2v) is 6.73. The van der Waals surface area contributed by atoms with E-state index in [4.69, 9.17) is 11.6 Å². The van der Waals surface area contributed by atoms with Gasteiger partial charge in [0.15, 0.2) is 0 Å². The van der Waals surface area contributed by atoms with Gasteiger partial charge < -0.3 is 5.32 Å². The summed E-state index contributed by atoms with van der Waals surface area (Å²) in [5.74, 6) is 1.69. The van der Waals surface area contributed by atoms with E-state index >= 15 is 0 Å². The lowest BCUT2D eigenvalue weighted by molar-refractivity contribution is 0.224. The van der Waals surface area contributed by atoms with Crippen LogP contribution >= 0.6 is 11.6 Å². The van der Waals surface area contributed by atoms with Crippen LogP contribution in [-0.2, 0) is 0 Å². The van der Waals surface area contributed by atoms with Crippen molar-refractivity contribution in [1.82, 2.24) is 5.32 Å². The Hall–Kier alpha value is -0.530. The fraction of sp³-hybridized carbons (Fsp3) is 0.647. The normalized spacial score (nSPS) is 29.2. The van der Waals surface area contributed by atoms with Gasteiger partial charge in [0.25, 0.3) is 0 Å². The highest BCUT2D eigenvalue weighted by atomic mass is 35.5. The number of benzene rings is 1. The number of halogens is 1. The Morgan fingerprint density at radius 1 is 1.21 bits per heavy atom. The molecule has 1 aliphatic rings. The number of hydrogen-bond acceptors (Lipinski definition) is 1. The minimum atomic E-state index is 0.432. The van der Waals surface area contributed by atoms with Crippen molar-refractivity contribution < 1.29 is 0 Å². The van der Waals surface area contributed by atoms with Gasteiger partial charge >= 0.3 is 0 Å². The van der Waals surface area contributed by atoms with Gasteiger partial charge in [-0.15, -0.1) is 0 Å². The lowest BCUT2D eigenvalue weighted by Gasteiger charge is -2.34. The summed E-state index contributed by atoms with van der Waals surface area (Å²) in [7, 11) is 0. The summed E-state index contributed by atoms with van der Waals surface area (Å²) in [4.78, 5) is 0. The topological polar surface area (TPSA) is 12.0 Å². The molecular formula is C17H26ClN. The van der Waals surface area contributed by atoms with Crippen LogP contribution in [0.3, 0.4) is 0 Å². The van der Waals surface area contributed by atoms with E-state index in [1.165, 1.54) is 24.8 Å². The minimum Gasteiger partial charge on any atom is -0.307 e. The molecule has 1 saturated carbocycles. The summed E-state index contributed by atoms with van der Waals surface area (Å²) in [6.07, 6.45) is 5.11. The van der Waals surface area contributed by atoms with Gasteiger partial charge in [-0.05, 0) is 55.2 Å². The zero-order valence-corrected chi connectivity index (χ0v) is 13.1. The second kappa shape index (κ2) is 6.76. The van der Waals surface area contributed by atoms with Crippen LogP contribution in [-0.4, -0.2) is 6.04 Å². The van der Waals surface area contributed by atoms with Gasteiger partial charge in [-0.1, -0.05) is 44.5 Å².